The Labute approximate surface area is 398 Å². The van der Waals surface area contributed by atoms with Gasteiger partial charge in [0.1, 0.15) is 0 Å². The Morgan fingerprint density at radius 1 is 0.206 bits per heavy atom. The first-order valence-electron chi connectivity index (χ1n) is 23.8. The standard InChI is InChI=1S/C68H46/c1-43-59(48-22-7-3-8-23-48)60(49-24-9-4-10-25-49)44(2)62-61(43)65(54-38-35-45-20-15-16-30-52(45)40-54)68-64(51-28-13-6-14-29-51)63(50-26-11-5-12-27-50)66(67(62)68)55-39-36-46-34-37-53(41-56(46)42-55)58-33-19-31-47-21-17-18-32-57(47)58/h3-42H,1-2H3. The predicted octanol–water partition coefficient (Wildman–Crippen LogP) is 18.1. The van der Waals surface area contributed by atoms with Crippen LogP contribution in [-0.4, -0.2) is 0 Å². The molecule has 0 atom stereocenters. The molecule has 0 aromatic heterocycles. The second-order valence-electron chi connectivity index (χ2n) is 18.3. The third kappa shape index (κ3) is 6.29. The van der Waals surface area contributed by atoms with Gasteiger partial charge in [-0.1, -0.05) is 224 Å². The van der Waals surface area contributed by atoms with Crippen molar-refractivity contribution in [3.05, 3.63) is 293 Å². The third-order valence-electron chi connectivity index (χ3n) is 14.5. The van der Waals surface area contributed by atoms with Gasteiger partial charge in [-0.15, -0.1) is 0 Å². The molecule has 68 heavy (non-hydrogen) atoms. The van der Waals surface area contributed by atoms with Crippen LogP contribution >= 0.6 is 0 Å². The lowest BCUT2D eigenvalue weighted by atomic mass is 9.79. The summed E-state index contributed by atoms with van der Waals surface area (Å²) in [6.45, 7) is 4.77. The lowest BCUT2D eigenvalue weighted by Crippen LogP contribution is -2.03. The first kappa shape index (κ1) is 39.8. The Hall–Kier alpha value is -8.58. The van der Waals surface area contributed by atoms with Gasteiger partial charge in [0.15, 0.2) is 0 Å². The van der Waals surface area contributed by atoms with E-state index in [2.05, 4.69) is 257 Å². The van der Waals surface area contributed by atoms with E-state index < -0.39 is 0 Å². The summed E-state index contributed by atoms with van der Waals surface area (Å²) in [5.74, 6) is 0. The average Bonchev–Trinajstić information content (AvgIpc) is 3.93. The molecule has 0 fully saturated rings. The van der Waals surface area contributed by atoms with Gasteiger partial charge in [-0.05, 0) is 176 Å². The Kier molecular flexibility index (Phi) is 9.41. The van der Waals surface area contributed by atoms with Gasteiger partial charge in [-0.2, -0.15) is 0 Å². The molecule has 2 aliphatic rings. The van der Waals surface area contributed by atoms with Crippen LogP contribution in [0.5, 0.6) is 0 Å². The summed E-state index contributed by atoms with van der Waals surface area (Å²) >= 11 is 0. The molecule has 0 heteroatoms. The summed E-state index contributed by atoms with van der Waals surface area (Å²) in [6, 6.07) is 89.9. The van der Waals surface area contributed by atoms with Crippen LogP contribution in [0.3, 0.4) is 0 Å². The fourth-order valence-corrected chi connectivity index (χ4v) is 11.6. The maximum Gasteiger partial charge on any atom is -0.000117 e. The molecule has 0 aliphatic heterocycles. The summed E-state index contributed by atoms with van der Waals surface area (Å²) in [4.78, 5) is 0. The maximum atomic E-state index is 2.47. The van der Waals surface area contributed by atoms with Crippen molar-refractivity contribution >= 4 is 60.2 Å². The van der Waals surface area contributed by atoms with Crippen molar-refractivity contribution in [1.29, 1.82) is 0 Å². The minimum atomic E-state index is 1.21. The summed E-state index contributed by atoms with van der Waals surface area (Å²) in [5, 5.41) is 7.43. The highest BCUT2D eigenvalue weighted by atomic mass is 14.4. The van der Waals surface area contributed by atoms with E-state index in [0.717, 1.165) is 0 Å². The van der Waals surface area contributed by atoms with Crippen LogP contribution in [0.15, 0.2) is 248 Å². The molecular weight excluding hydrogens is 817 g/mol. The van der Waals surface area contributed by atoms with E-state index in [-0.39, 0.29) is 0 Å². The van der Waals surface area contributed by atoms with Gasteiger partial charge in [-0.25, -0.2) is 0 Å². The first-order valence-corrected chi connectivity index (χ1v) is 23.8. The minimum absolute atomic E-state index is 1.21. The van der Waals surface area contributed by atoms with E-state index in [1.807, 2.05) is 0 Å². The van der Waals surface area contributed by atoms with Gasteiger partial charge in [0.05, 0.1) is 0 Å². The second-order valence-corrected chi connectivity index (χ2v) is 18.3. The number of fused-ring (bicyclic) bond motifs is 6. The number of benzene rings is 11. The molecule has 0 unspecified atom stereocenters. The van der Waals surface area contributed by atoms with Crippen molar-refractivity contribution in [2.75, 3.05) is 0 Å². The molecule has 0 N–H and O–H groups in total. The summed E-state index contributed by atoms with van der Waals surface area (Å²) in [5.41, 5.74) is 25.3. The van der Waals surface area contributed by atoms with Crippen molar-refractivity contribution in [3.8, 4) is 33.4 Å². The van der Waals surface area contributed by atoms with Crippen LogP contribution in [0, 0.1) is 13.8 Å². The summed E-state index contributed by atoms with van der Waals surface area (Å²) < 4.78 is 0. The number of hydrogen-bond acceptors (Lipinski definition) is 0. The van der Waals surface area contributed by atoms with E-state index >= 15 is 0 Å². The molecule has 0 heterocycles. The third-order valence-corrected chi connectivity index (χ3v) is 14.5. The molecule has 0 nitrogen and oxygen atoms in total. The van der Waals surface area contributed by atoms with Crippen LogP contribution in [0.4, 0.5) is 0 Å². The Morgan fingerprint density at radius 2 is 0.603 bits per heavy atom. The van der Waals surface area contributed by atoms with Crippen LogP contribution in [0.25, 0.3) is 93.6 Å². The van der Waals surface area contributed by atoms with E-state index in [9.17, 15) is 0 Å². The lowest BCUT2D eigenvalue weighted by Gasteiger charge is -2.24. The smallest absolute Gasteiger partial charge is 0.000117 e. The molecule has 0 saturated heterocycles. The quantitative estimate of drug-likeness (QED) is 0.150. The van der Waals surface area contributed by atoms with Crippen molar-refractivity contribution in [1.82, 2.24) is 0 Å². The average molecular weight is 863 g/mol. The number of allylic oxidation sites excluding steroid dienone is 5. The molecule has 0 amide bonds. The highest BCUT2D eigenvalue weighted by Gasteiger charge is 2.43. The largest absolute Gasteiger partial charge is 0.0622 e. The Balaban J connectivity index is 1.20. The normalized spacial score (nSPS) is 13.3. The van der Waals surface area contributed by atoms with Crippen molar-refractivity contribution in [2.24, 2.45) is 0 Å². The van der Waals surface area contributed by atoms with E-state index in [1.165, 1.54) is 144 Å². The van der Waals surface area contributed by atoms with Gasteiger partial charge >= 0.3 is 0 Å². The van der Waals surface area contributed by atoms with Crippen LogP contribution in [0.2, 0.25) is 0 Å². The Morgan fingerprint density at radius 3 is 1.21 bits per heavy atom. The van der Waals surface area contributed by atoms with Crippen molar-refractivity contribution < 1.29 is 0 Å². The molecule has 13 rings (SSSR count). The van der Waals surface area contributed by atoms with E-state index in [0.29, 0.717) is 0 Å². The van der Waals surface area contributed by atoms with Crippen LogP contribution in [0.1, 0.15) is 44.5 Å². The monoisotopic (exact) mass is 862 g/mol. The molecule has 11 aromatic rings. The summed E-state index contributed by atoms with van der Waals surface area (Å²) in [6.07, 6.45) is 0. The zero-order valence-corrected chi connectivity index (χ0v) is 38.1. The zero-order valence-electron chi connectivity index (χ0n) is 38.1. The SMILES string of the molecule is Cc1c2c(c(C)c(-c3ccccc3)c1-c1ccccc1)C(c1ccc3ccccc3c1)=C1C(c3ccccc3)=C(c3ccccc3)C(c3ccc4ccc(-c5cccc6ccccc56)cc4c3)=C12. The van der Waals surface area contributed by atoms with Gasteiger partial charge < -0.3 is 0 Å². The molecule has 2 aliphatic carbocycles. The fraction of sp³-hybridized carbons (Fsp3) is 0.0294. The Bertz CT molecular complexity index is 3920. The van der Waals surface area contributed by atoms with Crippen molar-refractivity contribution in [3.63, 3.8) is 0 Å². The topological polar surface area (TPSA) is 0 Å². The highest BCUT2D eigenvalue weighted by molar-refractivity contribution is 6.40. The molecular formula is C68H46. The molecule has 11 aromatic carbocycles. The zero-order chi connectivity index (χ0) is 45.3. The van der Waals surface area contributed by atoms with E-state index in [1.54, 1.807) is 0 Å². The fourth-order valence-electron chi connectivity index (χ4n) is 11.6. The van der Waals surface area contributed by atoms with Gasteiger partial charge in [0, 0.05) is 0 Å². The molecule has 0 spiro atoms. The minimum Gasteiger partial charge on any atom is -0.0622 e. The van der Waals surface area contributed by atoms with Crippen molar-refractivity contribution in [2.45, 2.75) is 13.8 Å². The molecule has 318 valence electrons. The maximum absolute atomic E-state index is 2.47. The van der Waals surface area contributed by atoms with Gasteiger partial charge in [0.2, 0.25) is 0 Å². The number of rotatable bonds is 7. The second kappa shape index (κ2) is 16.1. The molecule has 0 bridgehead atoms. The predicted molar refractivity (Wildman–Crippen MR) is 290 cm³/mol. The van der Waals surface area contributed by atoms with E-state index in [4.69, 9.17) is 0 Å². The van der Waals surface area contributed by atoms with Gasteiger partial charge in [-0.3, -0.25) is 0 Å². The van der Waals surface area contributed by atoms with Gasteiger partial charge in [0.25, 0.3) is 0 Å². The molecule has 0 saturated carbocycles. The number of hydrogen-bond donors (Lipinski definition) is 0. The van der Waals surface area contributed by atoms with Crippen LogP contribution in [-0.2, 0) is 0 Å². The highest BCUT2D eigenvalue weighted by Crippen LogP contribution is 2.64. The molecule has 0 radical (unpaired) electrons. The van der Waals surface area contributed by atoms with Crippen LogP contribution < -0.4 is 0 Å². The summed E-state index contributed by atoms with van der Waals surface area (Å²) in [7, 11) is 0. The lowest BCUT2D eigenvalue weighted by molar-refractivity contribution is 1.34. The first-order chi connectivity index (χ1) is 33.6.